The normalized spacial score (nSPS) is 10.5. The molecule has 0 unspecified atom stereocenters. The lowest BCUT2D eigenvalue weighted by atomic mass is 10.2. The van der Waals surface area contributed by atoms with Crippen molar-refractivity contribution in [2.45, 2.75) is 20.3 Å². The third-order valence-electron chi connectivity index (χ3n) is 3.81. The molecule has 8 nitrogen and oxygen atoms in total. The molecule has 0 heterocycles. The molecule has 0 radical (unpaired) electrons. The van der Waals surface area contributed by atoms with E-state index in [-0.39, 0.29) is 12.5 Å². The first-order chi connectivity index (χ1) is 14.4. The minimum absolute atomic E-state index is 0.162. The summed E-state index contributed by atoms with van der Waals surface area (Å²) in [4.78, 5) is 35.2. The minimum Gasteiger partial charge on any atom is -0.484 e. The summed E-state index contributed by atoms with van der Waals surface area (Å²) in [6.07, 6.45) is 2.11. The molecule has 2 aromatic carbocycles. The van der Waals surface area contributed by atoms with Gasteiger partial charge >= 0.3 is 11.8 Å². The van der Waals surface area contributed by atoms with Gasteiger partial charge in [-0.2, -0.15) is 5.10 Å². The Morgan fingerprint density at radius 3 is 2.67 bits per heavy atom. The average Bonchev–Trinajstić information content (AvgIpc) is 2.72. The summed E-state index contributed by atoms with van der Waals surface area (Å²) >= 11 is 3.38. The Labute approximate surface area is 183 Å². The number of anilines is 1. The zero-order valence-electron chi connectivity index (χ0n) is 16.7. The van der Waals surface area contributed by atoms with Crippen LogP contribution in [0.25, 0.3) is 0 Å². The van der Waals surface area contributed by atoms with Gasteiger partial charge in [0.1, 0.15) is 5.75 Å². The number of nitrogens with one attached hydrogen (secondary N) is 3. The number of benzene rings is 2. The molecule has 0 aromatic heterocycles. The number of amides is 3. The highest BCUT2D eigenvalue weighted by molar-refractivity contribution is 9.10. The molecule has 0 fully saturated rings. The van der Waals surface area contributed by atoms with Gasteiger partial charge in [-0.15, -0.1) is 0 Å². The summed E-state index contributed by atoms with van der Waals surface area (Å²) in [7, 11) is 0. The fourth-order valence-electron chi connectivity index (χ4n) is 2.32. The number of hydrogen-bond donors (Lipinski definition) is 3. The van der Waals surface area contributed by atoms with Gasteiger partial charge in [0.05, 0.1) is 6.21 Å². The number of halogens is 1. The van der Waals surface area contributed by atoms with E-state index in [0.29, 0.717) is 23.5 Å². The second-order valence-corrected chi connectivity index (χ2v) is 7.24. The standard InChI is InChI=1S/C21H23BrN4O4/c1-3-9-23-20(28)21(29)26-24-12-15-5-4-6-17(11-15)30-13-19(27)25-18-8-7-16(22)10-14(18)2/h4-8,10-12H,3,9,13H2,1-2H3,(H,23,28)(H,25,27)(H,26,29)/b24-12-. The van der Waals surface area contributed by atoms with E-state index < -0.39 is 11.8 Å². The number of ether oxygens (including phenoxy) is 1. The van der Waals surface area contributed by atoms with Crippen LogP contribution in [0.15, 0.2) is 52.0 Å². The van der Waals surface area contributed by atoms with Crippen LogP contribution in [-0.4, -0.2) is 37.1 Å². The van der Waals surface area contributed by atoms with Crippen LogP contribution in [0.2, 0.25) is 0 Å². The van der Waals surface area contributed by atoms with Gasteiger partial charge in [-0.25, -0.2) is 5.43 Å². The van der Waals surface area contributed by atoms with Crippen molar-refractivity contribution in [2.75, 3.05) is 18.5 Å². The van der Waals surface area contributed by atoms with Gasteiger partial charge in [-0.3, -0.25) is 14.4 Å². The number of nitrogens with zero attached hydrogens (tertiary/aromatic N) is 1. The highest BCUT2D eigenvalue weighted by atomic mass is 79.9. The van der Waals surface area contributed by atoms with Crippen LogP contribution in [0, 0.1) is 6.92 Å². The largest absolute Gasteiger partial charge is 0.484 e. The molecule has 9 heteroatoms. The van der Waals surface area contributed by atoms with Crippen LogP contribution in [0.3, 0.4) is 0 Å². The van der Waals surface area contributed by atoms with Crippen LogP contribution >= 0.6 is 15.9 Å². The molecule has 3 N–H and O–H groups in total. The number of carbonyl (C=O) groups is 3. The van der Waals surface area contributed by atoms with Gasteiger partial charge in [-0.1, -0.05) is 35.0 Å². The van der Waals surface area contributed by atoms with E-state index in [1.165, 1.54) is 6.21 Å². The number of rotatable bonds is 8. The van der Waals surface area contributed by atoms with Crippen molar-refractivity contribution in [3.63, 3.8) is 0 Å². The zero-order valence-corrected chi connectivity index (χ0v) is 18.3. The summed E-state index contributed by atoms with van der Waals surface area (Å²) in [5.74, 6) is -1.40. The van der Waals surface area contributed by atoms with Crippen molar-refractivity contribution in [2.24, 2.45) is 5.10 Å². The molecule has 158 valence electrons. The minimum atomic E-state index is -0.841. The number of aryl methyl sites for hydroxylation is 1. The Hall–Kier alpha value is -3.20. The van der Waals surface area contributed by atoms with Gasteiger partial charge in [0.2, 0.25) is 0 Å². The molecule has 30 heavy (non-hydrogen) atoms. The van der Waals surface area contributed by atoms with Crippen molar-refractivity contribution >= 4 is 45.6 Å². The molecule has 3 amide bonds. The Balaban J connectivity index is 1.85. The summed E-state index contributed by atoms with van der Waals surface area (Å²) in [6, 6.07) is 12.4. The van der Waals surface area contributed by atoms with E-state index in [0.717, 1.165) is 16.5 Å². The van der Waals surface area contributed by atoms with Crippen molar-refractivity contribution in [1.29, 1.82) is 0 Å². The number of carbonyl (C=O) groups excluding carboxylic acids is 3. The van der Waals surface area contributed by atoms with Crippen LogP contribution in [0.4, 0.5) is 5.69 Å². The molecule has 0 atom stereocenters. The highest BCUT2D eigenvalue weighted by Gasteiger charge is 2.11. The second-order valence-electron chi connectivity index (χ2n) is 6.32. The smallest absolute Gasteiger partial charge is 0.329 e. The van der Waals surface area contributed by atoms with E-state index in [1.807, 2.05) is 32.0 Å². The first-order valence-corrected chi connectivity index (χ1v) is 10.1. The fourth-order valence-corrected chi connectivity index (χ4v) is 2.80. The number of hydrogen-bond acceptors (Lipinski definition) is 5. The van der Waals surface area contributed by atoms with E-state index in [1.54, 1.807) is 24.3 Å². The third-order valence-corrected chi connectivity index (χ3v) is 4.31. The maximum Gasteiger partial charge on any atom is 0.329 e. The van der Waals surface area contributed by atoms with Gasteiger partial charge in [0.15, 0.2) is 6.61 Å². The highest BCUT2D eigenvalue weighted by Crippen LogP contribution is 2.20. The molecule has 2 rings (SSSR count). The van der Waals surface area contributed by atoms with E-state index in [9.17, 15) is 14.4 Å². The first kappa shape index (κ1) is 23.1. The maximum absolute atomic E-state index is 12.1. The Bertz CT molecular complexity index is 946. The van der Waals surface area contributed by atoms with E-state index in [2.05, 4.69) is 37.1 Å². The summed E-state index contributed by atoms with van der Waals surface area (Å²) in [5.41, 5.74) is 4.43. The van der Waals surface area contributed by atoms with Gasteiger partial charge < -0.3 is 15.4 Å². The lowest BCUT2D eigenvalue weighted by molar-refractivity contribution is -0.139. The predicted octanol–water partition coefficient (Wildman–Crippen LogP) is 2.75. The molecule has 2 aromatic rings. The monoisotopic (exact) mass is 474 g/mol. The fraction of sp³-hybridized carbons (Fsp3) is 0.238. The quantitative estimate of drug-likeness (QED) is 0.310. The van der Waals surface area contributed by atoms with Gasteiger partial charge in [0, 0.05) is 16.7 Å². The van der Waals surface area contributed by atoms with Crippen molar-refractivity contribution in [3.05, 3.63) is 58.1 Å². The molecular weight excluding hydrogens is 452 g/mol. The van der Waals surface area contributed by atoms with Crippen LogP contribution in [0.5, 0.6) is 5.75 Å². The topological polar surface area (TPSA) is 109 Å². The lowest BCUT2D eigenvalue weighted by Crippen LogP contribution is -2.38. The SMILES string of the molecule is CCCNC(=O)C(=O)N/N=C\c1cccc(OCC(=O)Nc2ccc(Br)cc2C)c1. The first-order valence-electron chi connectivity index (χ1n) is 9.29. The molecule has 0 aliphatic carbocycles. The Kier molecular flexibility index (Phi) is 9.02. The van der Waals surface area contributed by atoms with Crippen LogP contribution in [0.1, 0.15) is 24.5 Å². The molecule has 0 aliphatic heterocycles. The second kappa shape index (κ2) is 11.7. The average molecular weight is 475 g/mol. The Morgan fingerprint density at radius 2 is 1.93 bits per heavy atom. The number of hydrazone groups is 1. The maximum atomic E-state index is 12.1. The van der Waals surface area contributed by atoms with Crippen LogP contribution in [-0.2, 0) is 14.4 Å². The molecule has 0 aliphatic rings. The third kappa shape index (κ3) is 7.67. The van der Waals surface area contributed by atoms with Gasteiger partial charge in [-0.05, 0) is 54.8 Å². The zero-order chi connectivity index (χ0) is 21.9. The molecule has 0 bridgehead atoms. The van der Waals surface area contributed by atoms with Crippen molar-refractivity contribution in [3.8, 4) is 5.75 Å². The van der Waals surface area contributed by atoms with Gasteiger partial charge in [0.25, 0.3) is 5.91 Å². The summed E-state index contributed by atoms with van der Waals surface area (Å²) in [6.45, 7) is 4.04. The summed E-state index contributed by atoms with van der Waals surface area (Å²) in [5, 5.41) is 9.01. The molecule has 0 saturated carbocycles. The van der Waals surface area contributed by atoms with Crippen molar-refractivity contribution in [1.82, 2.24) is 10.7 Å². The molecule has 0 saturated heterocycles. The van der Waals surface area contributed by atoms with Crippen LogP contribution < -0.4 is 20.8 Å². The predicted molar refractivity (Wildman–Crippen MR) is 118 cm³/mol. The lowest BCUT2D eigenvalue weighted by Gasteiger charge is -2.10. The molecule has 0 spiro atoms. The summed E-state index contributed by atoms with van der Waals surface area (Å²) < 4.78 is 6.46. The Morgan fingerprint density at radius 1 is 1.13 bits per heavy atom. The molecular formula is C21H23BrN4O4. The van der Waals surface area contributed by atoms with Crippen molar-refractivity contribution < 1.29 is 19.1 Å². The van der Waals surface area contributed by atoms with E-state index >= 15 is 0 Å². The van der Waals surface area contributed by atoms with E-state index in [4.69, 9.17) is 4.74 Å².